The molecule has 0 atom stereocenters. The number of aromatic nitrogens is 3. The monoisotopic (exact) mass is 464 g/mol. The number of nitrogens with one attached hydrogen (secondary N) is 3. The summed E-state index contributed by atoms with van der Waals surface area (Å²) in [6, 6.07) is 21.2. The molecule has 0 radical (unpaired) electrons. The van der Waals surface area contributed by atoms with E-state index in [-0.39, 0.29) is 5.56 Å². The van der Waals surface area contributed by atoms with Gasteiger partial charge in [0.25, 0.3) is 5.91 Å². The molecule has 0 fully saturated rings. The zero-order valence-electron chi connectivity index (χ0n) is 18.6. The van der Waals surface area contributed by atoms with E-state index in [2.05, 4.69) is 30.9 Å². The number of carbonyl (C=O) groups is 1. The molecule has 5 rings (SSSR count). The second kappa shape index (κ2) is 9.44. The lowest BCUT2D eigenvalue weighted by atomic mass is 10.1. The minimum absolute atomic E-state index is 0.0602. The first-order valence-corrected chi connectivity index (χ1v) is 10.8. The highest BCUT2D eigenvalue weighted by molar-refractivity contribution is 6.05. The van der Waals surface area contributed by atoms with Crippen molar-refractivity contribution in [2.24, 2.45) is 0 Å². The quantitative estimate of drug-likeness (QED) is 0.299. The summed E-state index contributed by atoms with van der Waals surface area (Å²) in [5, 5.41) is 9.74. The van der Waals surface area contributed by atoms with E-state index in [0.29, 0.717) is 34.1 Å². The van der Waals surface area contributed by atoms with Crippen molar-refractivity contribution in [3.05, 3.63) is 107 Å². The normalized spacial score (nSPS) is 10.7. The van der Waals surface area contributed by atoms with Gasteiger partial charge in [0.15, 0.2) is 0 Å². The topological polar surface area (TPSA) is 122 Å². The SMILES string of the molecule is Cc1ccnc(Nc2cc(Nc3ccc(NC(=O)c4cc5ccccc5oc4=O)cc3)ncn2)c1. The van der Waals surface area contributed by atoms with Crippen LogP contribution in [0.1, 0.15) is 15.9 Å². The number of amides is 1. The molecule has 0 aliphatic carbocycles. The molecule has 3 N–H and O–H groups in total. The fourth-order valence-electron chi connectivity index (χ4n) is 3.43. The smallest absolute Gasteiger partial charge is 0.349 e. The van der Waals surface area contributed by atoms with Crippen LogP contribution < -0.4 is 21.6 Å². The summed E-state index contributed by atoms with van der Waals surface area (Å²) in [7, 11) is 0. The van der Waals surface area contributed by atoms with Gasteiger partial charge in [-0.1, -0.05) is 18.2 Å². The van der Waals surface area contributed by atoms with Gasteiger partial charge in [-0.05, 0) is 61.0 Å². The van der Waals surface area contributed by atoms with Crippen LogP contribution in [0.15, 0.2) is 94.5 Å². The number of nitrogens with zero attached hydrogens (tertiary/aromatic N) is 3. The van der Waals surface area contributed by atoms with Crippen molar-refractivity contribution in [2.45, 2.75) is 6.92 Å². The molecule has 9 nitrogen and oxygen atoms in total. The Morgan fingerprint density at radius 3 is 2.31 bits per heavy atom. The molecular weight excluding hydrogens is 444 g/mol. The van der Waals surface area contributed by atoms with Crippen molar-refractivity contribution in [1.82, 2.24) is 15.0 Å². The molecule has 3 aromatic heterocycles. The third-order valence-electron chi connectivity index (χ3n) is 5.14. The highest BCUT2D eigenvalue weighted by atomic mass is 16.4. The number of para-hydroxylation sites is 1. The molecule has 0 bridgehead atoms. The van der Waals surface area contributed by atoms with Crippen molar-refractivity contribution in [3.8, 4) is 0 Å². The van der Waals surface area contributed by atoms with Crippen molar-refractivity contribution in [3.63, 3.8) is 0 Å². The Bertz CT molecular complexity index is 1580. The zero-order valence-corrected chi connectivity index (χ0v) is 18.6. The van der Waals surface area contributed by atoms with Gasteiger partial charge >= 0.3 is 5.63 Å². The third kappa shape index (κ3) is 5.14. The number of benzene rings is 2. The van der Waals surface area contributed by atoms with E-state index in [0.717, 1.165) is 11.3 Å². The van der Waals surface area contributed by atoms with Gasteiger partial charge in [0, 0.05) is 29.0 Å². The predicted octanol–water partition coefficient (Wildman–Crippen LogP) is 5.03. The molecule has 9 heteroatoms. The van der Waals surface area contributed by atoms with Crippen LogP contribution in [0.25, 0.3) is 11.0 Å². The molecule has 0 unspecified atom stereocenters. The van der Waals surface area contributed by atoms with Crippen LogP contribution in [0.2, 0.25) is 0 Å². The first kappa shape index (κ1) is 21.8. The van der Waals surface area contributed by atoms with Crippen molar-refractivity contribution in [1.29, 1.82) is 0 Å². The summed E-state index contributed by atoms with van der Waals surface area (Å²) in [6.45, 7) is 1.99. The van der Waals surface area contributed by atoms with Crippen LogP contribution in [-0.4, -0.2) is 20.9 Å². The summed E-state index contributed by atoms with van der Waals surface area (Å²) in [5.41, 5.74) is 2.06. The van der Waals surface area contributed by atoms with Gasteiger partial charge in [-0.15, -0.1) is 0 Å². The van der Waals surface area contributed by atoms with Crippen LogP contribution in [-0.2, 0) is 0 Å². The number of pyridine rings is 1. The average molecular weight is 464 g/mol. The lowest BCUT2D eigenvalue weighted by Gasteiger charge is -2.10. The van der Waals surface area contributed by atoms with E-state index in [9.17, 15) is 9.59 Å². The second-order valence-corrected chi connectivity index (χ2v) is 7.77. The Morgan fingerprint density at radius 2 is 1.51 bits per heavy atom. The van der Waals surface area contributed by atoms with E-state index in [1.165, 1.54) is 12.4 Å². The van der Waals surface area contributed by atoms with Gasteiger partial charge < -0.3 is 20.4 Å². The average Bonchev–Trinajstić information content (AvgIpc) is 2.85. The maximum atomic E-state index is 12.6. The number of rotatable bonds is 6. The first-order valence-electron chi connectivity index (χ1n) is 10.8. The van der Waals surface area contributed by atoms with Gasteiger partial charge in [0.1, 0.15) is 34.9 Å². The Kier molecular flexibility index (Phi) is 5.87. The molecule has 3 heterocycles. The number of aryl methyl sites for hydroxylation is 1. The molecule has 5 aromatic rings. The van der Waals surface area contributed by atoms with Crippen LogP contribution in [0.5, 0.6) is 0 Å². The maximum Gasteiger partial charge on any atom is 0.349 e. The summed E-state index contributed by atoms with van der Waals surface area (Å²) in [5.74, 6) is 1.33. The van der Waals surface area contributed by atoms with Crippen molar-refractivity contribution >= 4 is 45.7 Å². The van der Waals surface area contributed by atoms with Crippen molar-refractivity contribution in [2.75, 3.05) is 16.0 Å². The fraction of sp³-hybridized carbons (Fsp3) is 0.0385. The number of anilines is 5. The van der Waals surface area contributed by atoms with Gasteiger partial charge in [-0.2, -0.15) is 0 Å². The van der Waals surface area contributed by atoms with Crippen LogP contribution in [0.3, 0.4) is 0 Å². The van der Waals surface area contributed by atoms with Crippen molar-refractivity contribution < 1.29 is 9.21 Å². The minimum Gasteiger partial charge on any atom is -0.422 e. The first-order chi connectivity index (χ1) is 17.0. The molecule has 2 aromatic carbocycles. The highest BCUT2D eigenvalue weighted by Gasteiger charge is 2.14. The number of hydrogen-bond donors (Lipinski definition) is 3. The van der Waals surface area contributed by atoms with Gasteiger partial charge in [0.2, 0.25) is 0 Å². The maximum absolute atomic E-state index is 12.6. The molecule has 35 heavy (non-hydrogen) atoms. The van der Waals surface area contributed by atoms with Crippen LogP contribution >= 0.6 is 0 Å². The largest absolute Gasteiger partial charge is 0.422 e. The summed E-state index contributed by atoms with van der Waals surface area (Å²) in [6.07, 6.45) is 3.18. The van der Waals surface area contributed by atoms with Crippen LogP contribution in [0.4, 0.5) is 28.8 Å². The van der Waals surface area contributed by atoms with Gasteiger partial charge in [-0.3, -0.25) is 4.79 Å². The molecule has 0 aliphatic heterocycles. The van der Waals surface area contributed by atoms with E-state index < -0.39 is 11.5 Å². The number of fused-ring (bicyclic) bond motifs is 1. The summed E-state index contributed by atoms with van der Waals surface area (Å²) < 4.78 is 5.24. The minimum atomic E-state index is -0.687. The summed E-state index contributed by atoms with van der Waals surface area (Å²) in [4.78, 5) is 37.6. The zero-order chi connectivity index (χ0) is 24.2. The Morgan fingerprint density at radius 1 is 0.800 bits per heavy atom. The molecule has 0 aliphatic rings. The lowest BCUT2D eigenvalue weighted by Crippen LogP contribution is -2.20. The second-order valence-electron chi connectivity index (χ2n) is 7.77. The summed E-state index contributed by atoms with van der Waals surface area (Å²) >= 11 is 0. The fourth-order valence-corrected chi connectivity index (χ4v) is 3.43. The number of hydrogen-bond acceptors (Lipinski definition) is 8. The molecule has 1 amide bonds. The van der Waals surface area contributed by atoms with E-state index in [1.807, 2.05) is 25.1 Å². The Balaban J connectivity index is 1.26. The highest BCUT2D eigenvalue weighted by Crippen LogP contribution is 2.21. The Labute approximate surface area is 199 Å². The Hall–Kier alpha value is -5.05. The predicted molar refractivity (Wildman–Crippen MR) is 134 cm³/mol. The van der Waals surface area contributed by atoms with Crippen LogP contribution in [0, 0.1) is 6.92 Å². The molecule has 0 saturated heterocycles. The van der Waals surface area contributed by atoms with Gasteiger partial charge in [-0.25, -0.2) is 19.7 Å². The van der Waals surface area contributed by atoms with E-state index in [4.69, 9.17) is 4.42 Å². The standard InChI is InChI=1S/C26H20N6O3/c1-16-10-11-27-22(12-16)32-24-14-23(28-15-29-24)30-18-6-8-19(9-7-18)31-25(33)20-13-17-4-2-3-5-21(17)35-26(20)34/h2-15H,1H3,(H,31,33)(H2,27,28,29,30,32). The molecule has 172 valence electrons. The third-order valence-corrected chi connectivity index (χ3v) is 5.14. The molecule has 0 spiro atoms. The van der Waals surface area contributed by atoms with E-state index in [1.54, 1.807) is 54.7 Å². The molecule has 0 saturated carbocycles. The lowest BCUT2D eigenvalue weighted by molar-refractivity contribution is 0.102. The molecular formula is C26H20N6O3. The van der Waals surface area contributed by atoms with Gasteiger partial charge in [0.05, 0.1) is 0 Å². The van der Waals surface area contributed by atoms with E-state index >= 15 is 0 Å². The number of carbonyl (C=O) groups excluding carboxylic acids is 1.